The van der Waals surface area contributed by atoms with E-state index in [4.69, 9.17) is 26.6 Å². The summed E-state index contributed by atoms with van der Waals surface area (Å²) in [6.07, 6.45) is -0.125. The van der Waals surface area contributed by atoms with Crippen molar-refractivity contribution < 1.29 is 9.26 Å². The Kier molecular flexibility index (Phi) is 3.63. The zero-order chi connectivity index (χ0) is 13.2. The Morgan fingerprint density at radius 2 is 2.32 bits per heavy atom. The van der Waals surface area contributed by atoms with E-state index in [1.807, 2.05) is 11.8 Å². The molecule has 2 heterocycles. The van der Waals surface area contributed by atoms with E-state index in [2.05, 4.69) is 10.1 Å². The molecule has 1 fully saturated rings. The van der Waals surface area contributed by atoms with E-state index in [0.29, 0.717) is 34.6 Å². The molecule has 0 saturated carbocycles. The van der Waals surface area contributed by atoms with Crippen molar-refractivity contribution in [2.24, 2.45) is 0 Å². The molecular weight excluding hydrogens is 286 g/mol. The first-order chi connectivity index (χ1) is 9.25. The fraction of sp³-hybridized carbons (Fsp3) is 0.333. The van der Waals surface area contributed by atoms with Crippen LogP contribution in [0, 0.1) is 0 Å². The summed E-state index contributed by atoms with van der Waals surface area (Å²) in [4.78, 5) is 4.35. The molecule has 2 aromatic rings. The third-order valence-electron chi connectivity index (χ3n) is 2.81. The maximum Gasteiger partial charge on any atom is 0.261 e. The smallest absolute Gasteiger partial charge is 0.261 e. The van der Waals surface area contributed by atoms with Crippen LogP contribution in [-0.4, -0.2) is 28.3 Å². The molecule has 19 heavy (non-hydrogen) atoms. The Hall–Kier alpha value is -1.24. The minimum Gasteiger partial charge on any atom is -0.398 e. The maximum atomic E-state index is 6.12. The molecule has 0 spiro atoms. The number of anilines is 1. The van der Waals surface area contributed by atoms with E-state index < -0.39 is 0 Å². The van der Waals surface area contributed by atoms with Crippen LogP contribution in [0.25, 0.3) is 11.5 Å². The van der Waals surface area contributed by atoms with E-state index >= 15 is 0 Å². The molecule has 0 amide bonds. The molecule has 0 bridgehead atoms. The molecular formula is C12H12ClN3O2S. The standard InChI is InChI=1S/C12H12ClN3O2S/c13-7-2-1-3-8(14)10(7)12-15-11(16-18-12)9-6-19-5-4-17-9/h1-3,9H,4-6,14H2. The highest BCUT2D eigenvalue weighted by Gasteiger charge is 2.23. The summed E-state index contributed by atoms with van der Waals surface area (Å²) in [6.45, 7) is 0.702. The number of thioether (sulfide) groups is 1. The van der Waals surface area contributed by atoms with Crippen LogP contribution < -0.4 is 5.73 Å². The lowest BCUT2D eigenvalue weighted by Gasteiger charge is -2.18. The summed E-state index contributed by atoms with van der Waals surface area (Å²) in [7, 11) is 0. The number of rotatable bonds is 2. The number of hydrogen-bond acceptors (Lipinski definition) is 6. The number of aromatic nitrogens is 2. The molecule has 3 rings (SSSR count). The molecule has 1 aromatic heterocycles. The Balaban J connectivity index is 1.92. The van der Waals surface area contributed by atoms with E-state index in [0.717, 1.165) is 11.5 Å². The average molecular weight is 298 g/mol. The molecule has 100 valence electrons. The summed E-state index contributed by atoms with van der Waals surface area (Å²) in [5.41, 5.74) is 6.98. The van der Waals surface area contributed by atoms with Crippen LogP contribution in [0.1, 0.15) is 11.9 Å². The second kappa shape index (κ2) is 5.40. The topological polar surface area (TPSA) is 74.2 Å². The molecule has 1 aliphatic rings. The number of benzene rings is 1. The minimum absolute atomic E-state index is 0.125. The van der Waals surface area contributed by atoms with Crippen LogP contribution in [0.3, 0.4) is 0 Å². The fourth-order valence-corrected chi connectivity index (χ4v) is 2.97. The monoisotopic (exact) mass is 297 g/mol. The summed E-state index contributed by atoms with van der Waals surface area (Å²) >= 11 is 7.93. The Morgan fingerprint density at radius 3 is 3.05 bits per heavy atom. The SMILES string of the molecule is Nc1cccc(Cl)c1-c1nc(C2CSCCO2)no1. The normalized spacial score (nSPS) is 19.5. The van der Waals surface area contributed by atoms with Crippen molar-refractivity contribution in [1.82, 2.24) is 10.1 Å². The number of nitrogens with zero attached hydrogens (tertiary/aromatic N) is 2. The predicted octanol–water partition coefficient (Wildman–Crippen LogP) is 2.78. The highest BCUT2D eigenvalue weighted by Crippen LogP contribution is 2.33. The van der Waals surface area contributed by atoms with Gasteiger partial charge in [-0.2, -0.15) is 16.7 Å². The van der Waals surface area contributed by atoms with Gasteiger partial charge in [0.05, 0.1) is 17.2 Å². The second-order valence-corrected chi connectivity index (χ2v) is 5.65. The van der Waals surface area contributed by atoms with Gasteiger partial charge in [0.1, 0.15) is 6.10 Å². The van der Waals surface area contributed by atoms with Crippen LogP contribution in [0.4, 0.5) is 5.69 Å². The highest BCUT2D eigenvalue weighted by atomic mass is 35.5. The van der Waals surface area contributed by atoms with Gasteiger partial charge in [-0.15, -0.1) is 0 Å². The summed E-state index contributed by atoms with van der Waals surface area (Å²) < 4.78 is 10.9. The number of ether oxygens (including phenoxy) is 1. The number of nitrogens with two attached hydrogens (primary N) is 1. The van der Waals surface area contributed by atoms with E-state index in [1.165, 1.54) is 0 Å². The largest absolute Gasteiger partial charge is 0.398 e. The van der Waals surface area contributed by atoms with Gasteiger partial charge < -0.3 is 15.0 Å². The second-order valence-electron chi connectivity index (χ2n) is 4.10. The summed E-state index contributed by atoms with van der Waals surface area (Å²) in [5.74, 6) is 2.70. The fourth-order valence-electron chi connectivity index (χ4n) is 1.87. The summed E-state index contributed by atoms with van der Waals surface area (Å²) in [5, 5.41) is 4.45. The molecule has 5 nitrogen and oxygen atoms in total. The molecule has 1 aromatic carbocycles. The van der Waals surface area contributed by atoms with Gasteiger partial charge in [-0.25, -0.2) is 0 Å². The molecule has 1 aliphatic heterocycles. The van der Waals surface area contributed by atoms with Gasteiger partial charge in [0.25, 0.3) is 5.89 Å². The van der Waals surface area contributed by atoms with Crippen LogP contribution in [-0.2, 0) is 4.74 Å². The van der Waals surface area contributed by atoms with E-state index in [1.54, 1.807) is 18.2 Å². The van der Waals surface area contributed by atoms with Gasteiger partial charge >= 0.3 is 0 Å². The molecule has 1 atom stereocenters. The molecule has 2 N–H and O–H groups in total. The highest BCUT2D eigenvalue weighted by molar-refractivity contribution is 7.99. The average Bonchev–Trinajstić information content (AvgIpc) is 2.89. The third-order valence-corrected chi connectivity index (χ3v) is 4.11. The molecule has 1 unspecified atom stereocenters. The van der Waals surface area contributed by atoms with Gasteiger partial charge in [-0.1, -0.05) is 22.8 Å². The van der Waals surface area contributed by atoms with Crippen molar-refractivity contribution in [3.8, 4) is 11.5 Å². The van der Waals surface area contributed by atoms with Crippen LogP contribution >= 0.6 is 23.4 Å². The Morgan fingerprint density at radius 1 is 1.42 bits per heavy atom. The quantitative estimate of drug-likeness (QED) is 0.859. The van der Waals surface area contributed by atoms with Crippen LogP contribution in [0.15, 0.2) is 22.7 Å². The first-order valence-electron chi connectivity index (χ1n) is 5.83. The van der Waals surface area contributed by atoms with Gasteiger partial charge in [-0.3, -0.25) is 0 Å². The van der Waals surface area contributed by atoms with Crippen LogP contribution in [0.5, 0.6) is 0 Å². The Bertz CT molecular complexity index is 564. The molecule has 0 aliphatic carbocycles. The van der Waals surface area contributed by atoms with Crippen molar-refractivity contribution in [2.45, 2.75) is 6.10 Å². The zero-order valence-electron chi connectivity index (χ0n) is 10.0. The Labute approximate surface area is 119 Å². The number of hydrogen-bond donors (Lipinski definition) is 1. The minimum atomic E-state index is -0.125. The van der Waals surface area contributed by atoms with Gasteiger partial charge in [0, 0.05) is 17.2 Å². The number of halogens is 1. The first kappa shape index (κ1) is 12.8. The van der Waals surface area contributed by atoms with E-state index in [9.17, 15) is 0 Å². The summed E-state index contributed by atoms with van der Waals surface area (Å²) in [6, 6.07) is 5.27. The molecule has 1 saturated heterocycles. The lowest BCUT2D eigenvalue weighted by molar-refractivity contribution is 0.0677. The molecule has 7 heteroatoms. The van der Waals surface area contributed by atoms with Crippen molar-refractivity contribution in [1.29, 1.82) is 0 Å². The lowest BCUT2D eigenvalue weighted by atomic mass is 10.2. The van der Waals surface area contributed by atoms with Gasteiger partial charge in [-0.05, 0) is 12.1 Å². The van der Waals surface area contributed by atoms with Gasteiger partial charge in [0.15, 0.2) is 0 Å². The van der Waals surface area contributed by atoms with Crippen molar-refractivity contribution in [3.05, 3.63) is 29.0 Å². The lowest BCUT2D eigenvalue weighted by Crippen LogP contribution is -2.16. The third kappa shape index (κ3) is 2.56. The maximum absolute atomic E-state index is 6.12. The van der Waals surface area contributed by atoms with Crippen LogP contribution in [0.2, 0.25) is 5.02 Å². The van der Waals surface area contributed by atoms with E-state index in [-0.39, 0.29) is 6.10 Å². The number of nitrogen functional groups attached to an aromatic ring is 1. The van der Waals surface area contributed by atoms with Crippen molar-refractivity contribution in [3.63, 3.8) is 0 Å². The molecule has 0 radical (unpaired) electrons. The predicted molar refractivity (Wildman–Crippen MR) is 75.2 cm³/mol. The zero-order valence-corrected chi connectivity index (χ0v) is 11.6. The van der Waals surface area contributed by atoms with Crippen molar-refractivity contribution in [2.75, 3.05) is 23.8 Å². The first-order valence-corrected chi connectivity index (χ1v) is 7.36. The van der Waals surface area contributed by atoms with Gasteiger partial charge in [0.2, 0.25) is 5.82 Å². The van der Waals surface area contributed by atoms with Crippen molar-refractivity contribution >= 4 is 29.1 Å².